The highest BCUT2D eigenvalue weighted by molar-refractivity contribution is 5.90. The molecule has 0 N–H and O–H groups in total. The lowest BCUT2D eigenvalue weighted by Crippen LogP contribution is -2.06. The smallest absolute Gasteiger partial charge is 0.338 e. The van der Waals surface area contributed by atoms with Gasteiger partial charge in [-0.2, -0.15) is 0 Å². The van der Waals surface area contributed by atoms with Gasteiger partial charge in [0.25, 0.3) is 5.69 Å². The van der Waals surface area contributed by atoms with Crippen molar-refractivity contribution in [2.75, 3.05) is 13.7 Å². The second-order valence-electron chi connectivity index (χ2n) is 4.80. The molecule has 24 heavy (non-hydrogen) atoms. The molecule has 2 rings (SSSR count). The zero-order valence-corrected chi connectivity index (χ0v) is 13.4. The van der Waals surface area contributed by atoms with Crippen LogP contribution < -0.4 is 9.47 Å². The maximum atomic E-state index is 12.1. The summed E-state index contributed by atoms with van der Waals surface area (Å²) in [6, 6.07) is 10.6. The number of hydrogen-bond acceptors (Lipinski definition) is 6. The molecule has 0 heterocycles. The fourth-order valence-electron chi connectivity index (χ4n) is 2.02. The molecule has 7 heteroatoms. The van der Waals surface area contributed by atoms with Gasteiger partial charge in [0, 0.05) is 12.1 Å². The van der Waals surface area contributed by atoms with Crippen molar-refractivity contribution in [3.05, 3.63) is 63.7 Å². The van der Waals surface area contributed by atoms with Gasteiger partial charge in [-0.3, -0.25) is 10.1 Å². The largest absolute Gasteiger partial charge is 0.493 e. The van der Waals surface area contributed by atoms with E-state index in [1.165, 1.54) is 19.2 Å². The van der Waals surface area contributed by atoms with Crippen LogP contribution in [-0.2, 0) is 11.3 Å². The van der Waals surface area contributed by atoms with Gasteiger partial charge in [0.05, 0.1) is 24.2 Å². The van der Waals surface area contributed by atoms with Gasteiger partial charge in [0.1, 0.15) is 6.61 Å². The van der Waals surface area contributed by atoms with Gasteiger partial charge in [-0.15, -0.1) is 0 Å². The van der Waals surface area contributed by atoms with E-state index in [0.717, 1.165) is 0 Å². The topological polar surface area (TPSA) is 87.9 Å². The number of carbonyl (C=O) groups is 1. The summed E-state index contributed by atoms with van der Waals surface area (Å²) in [6.07, 6.45) is 0. The van der Waals surface area contributed by atoms with Crippen molar-refractivity contribution >= 4 is 11.7 Å². The minimum atomic E-state index is -0.517. The minimum Gasteiger partial charge on any atom is -0.493 e. The normalized spacial score (nSPS) is 10.1. The zero-order valence-electron chi connectivity index (χ0n) is 13.4. The van der Waals surface area contributed by atoms with Crippen LogP contribution in [-0.4, -0.2) is 24.6 Å². The Morgan fingerprint density at radius 2 is 1.83 bits per heavy atom. The molecule has 0 atom stereocenters. The molecular formula is C17H17NO6. The maximum absolute atomic E-state index is 12.1. The summed E-state index contributed by atoms with van der Waals surface area (Å²) in [4.78, 5) is 22.2. The number of hydrogen-bond donors (Lipinski definition) is 0. The number of benzene rings is 2. The molecule has 0 aromatic heterocycles. The molecule has 0 fully saturated rings. The molecule has 0 aliphatic carbocycles. The molecule has 7 nitrogen and oxygen atoms in total. The first-order chi connectivity index (χ1) is 11.5. The van der Waals surface area contributed by atoms with Crippen LogP contribution in [0.1, 0.15) is 22.8 Å². The van der Waals surface area contributed by atoms with Crippen LogP contribution in [0.3, 0.4) is 0 Å². The average Bonchev–Trinajstić information content (AvgIpc) is 2.60. The number of nitro groups is 1. The van der Waals surface area contributed by atoms with E-state index < -0.39 is 10.9 Å². The van der Waals surface area contributed by atoms with E-state index >= 15 is 0 Å². The lowest BCUT2D eigenvalue weighted by atomic mass is 10.2. The Balaban J connectivity index is 2.04. The number of esters is 1. The van der Waals surface area contributed by atoms with E-state index in [-0.39, 0.29) is 12.3 Å². The lowest BCUT2D eigenvalue weighted by molar-refractivity contribution is -0.384. The number of nitro benzene ring substituents is 1. The number of non-ortho nitro benzene ring substituents is 1. The molecule has 0 radical (unpaired) electrons. The summed E-state index contributed by atoms with van der Waals surface area (Å²) in [7, 11) is 1.52. The molecule has 126 valence electrons. The second kappa shape index (κ2) is 7.96. The van der Waals surface area contributed by atoms with Gasteiger partial charge >= 0.3 is 5.97 Å². The van der Waals surface area contributed by atoms with Crippen LogP contribution >= 0.6 is 0 Å². The van der Waals surface area contributed by atoms with Crippen LogP contribution in [0.5, 0.6) is 11.5 Å². The highest BCUT2D eigenvalue weighted by Gasteiger charge is 2.13. The zero-order chi connectivity index (χ0) is 17.5. The third-order valence-electron chi connectivity index (χ3n) is 3.22. The van der Waals surface area contributed by atoms with Crippen molar-refractivity contribution in [1.29, 1.82) is 0 Å². The van der Waals surface area contributed by atoms with Gasteiger partial charge in [-0.1, -0.05) is 0 Å². The second-order valence-corrected chi connectivity index (χ2v) is 4.80. The van der Waals surface area contributed by atoms with Crippen molar-refractivity contribution < 1.29 is 23.9 Å². The van der Waals surface area contributed by atoms with Gasteiger partial charge < -0.3 is 14.2 Å². The third-order valence-corrected chi connectivity index (χ3v) is 3.22. The highest BCUT2D eigenvalue weighted by Crippen LogP contribution is 2.28. The van der Waals surface area contributed by atoms with E-state index in [2.05, 4.69) is 0 Å². The van der Waals surface area contributed by atoms with E-state index in [1.807, 2.05) is 6.92 Å². The Morgan fingerprint density at radius 3 is 2.42 bits per heavy atom. The van der Waals surface area contributed by atoms with Gasteiger partial charge in [-0.25, -0.2) is 4.79 Å². The molecule has 0 unspecified atom stereocenters. The summed E-state index contributed by atoms with van der Waals surface area (Å²) in [5, 5.41) is 10.6. The molecule has 0 amide bonds. The van der Waals surface area contributed by atoms with Crippen LogP contribution in [0.2, 0.25) is 0 Å². The van der Waals surface area contributed by atoms with Crippen molar-refractivity contribution in [3.8, 4) is 11.5 Å². The van der Waals surface area contributed by atoms with Crippen molar-refractivity contribution in [3.63, 3.8) is 0 Å². The molecule has 0 saturated carbocycles. The number of methoxy groups -OCH3 is 1. The Morgan fingerprint density at radius 1 is 1.12 bits per heavy atom. The fraction of sp³-hybridized carbons (Fsp3) is 0.235. The predicted octanol–water partition coefficient (Wildman–Crippen LogP) is 3.36. The summed E-state index contributed by atoms with van der Waals surface area (Å²) in [5.41, 5.74) is 0.982. The molecule has 0 aliphatic rings. The molecule has 0 spiro atoms. The van der Waals surface area contributed by atoms with E-state index in [9.17, 15) is 14.9 Å². The maximum Gasteiger partial charge on any atom is 0.338 e. The van der Waals surface area contributed by atoms with Crippen LogP contribution in [0, 0.1) is 10.1 Å². The Hall–Kier alpha value is -3.09. The molecule has 0 aliphatic heterocycles. The fourth-order valence-corrected chi connectivity index (χ4v) is 2.02. The summed E-state index contributed by atoms with van der Waals surface area (Å²) >= 11 is 0. The predicted molar refractivity (Wildman–Crippen MR) is 86.4 cm³/mol. The van der Waals surface area contributed by atoms with Gasteiger partial charge in [-0.05, 0) is 42.8 Å². The van der Waals surface area contributed by atoms with E-state index in [1.54, 1.807) is 30.3 Å². The minimum absolute atomic E-state index is 0.0124. The summed E-state index contributed by atoms with van der Waals surface area (Å²) < 4.78 is 15.8. The van der Waals surface area contributed by atoms with Crippen LogP contribution in [0.25, 0.3) is 0 Å². The first-order valence-corrected chi connectivity index (χ1v) is 7.26. The molecule has 0 bridgehead atoms. The number of nitrogens with zero attached hydrogens (tertiary/aromatic N) is 1. The quantitative estimate of drug-likeness (QED) is 0.439. The molecule has 2 aromatic carbocycles. The molecule has 0 saturated heterocycles. The van der Waals surface area contributed by atoms with Crippen molar-refractivity contribution in [2.24, 2.45) is 0 Å². The average molecular weight is 331 g/mol. The van der Waals surface area contributed by atoms with Crippen molar-refractivity contribution in [2.45, 2.75) is 13.5 Å². The lowest BCUT2D eigenvalue weighted by Gasteiger charge is -2.11. The monoisotopic (exact) mass is 331 g/mol. The molecular weight excluding hydrogens is 314 g/mol. The number of rotatable bonds is 7. The first-order valence-electron chi connectivity index (χ1n) is 7.26. The number of ether oxygens (including phenoxy) is 3. The Kier molecular flexibility index (Phi) is 5.73. The van der Waals surface area contributed by atoms with E-state index in [4.69, 9.17) is 14.2 Å². The molecule has 2 aromatic rings. The summed E-state index contributed by atoms with van der Waals surface area (Å²) in [5.74, 6) is 0.477. The highest BCUT2D eigenvalue weighted by atomic mass is 16.6. The van der Waals surface area contributed by atoms with Gasteiger partial charge in [0.15, 0.2) is 11.5 Å². The Labute approximate surface area is 138 Å². The van der Waals surface area contributed by atoms with Crippen LogP contribution in [0.4, 0.5) is 5.69 Å². The van der Waals surface area contributed by atoms with E-state index in [0.29, 0.717) is 29.2 Å². The summed E-state index contributed by atoms with van der Waals surface area (Å²) in [6.45, 7) is 2.30. The van der Waals surface area contributed by atoms with Crippen molar-refractivity contribution in [1.82, 2.24) is 0 Å². The van der Waals surface area contributed by atoms with Crippen LogP contribution in [0.15, 0.2) is 42.5 Å². The van der Waals surface area contributed by atoms with Gasteiger partial charge in [0.2, 0.25) is 0 Å². The SMILES string of the molecule is CCOc1cc(C(=O)OCc2ccc([N+](=O)[O-])cc2)ccc1OC. The standard InChI is InChI=1S/C17H17NO6/c1-3-23-16-10-13(6-9-15(16)22-2)17(19)24-11-12-4-7-14(8-5-12)18(20)21/h4-10H,3,11H2,1-2H3. The number of carbonyl (C=O) groups excluding carboxylic acids is 1. The third kappa shape index (κ3) is 4.22. The first kappa shape index (κ1) is 17.3. The Bertz CT molecular complexity index is 726.